The zero-order valence-corrected chi connectivity index (χ0v) is 63.6. The third-order valence-electron chi connectivity index (χ3n) is 20.9. The van der Waals surface area contributed by atoms with Crippen LogP contribution < -0.4 is 21.3 Å². The van der Waals surface area contributed by atoms with E-state index in [0.717, 1.165) is 48.3 Å². The highest BCUT2D eigenvalue weighted by atomic mass is 16.3. The second-order valence-electron chi connectivity index (χ2n) is 31.3. The Bertz CT molecular complexity index is 2730. The average molecular weight is 1400 g/mol. The van der Waals surface area contributed by atoms with Gasteiger partial charge in [0, 0.05) is 62.4 Å². The minimum absolute atomic E-state index is 0.0223. The van der Waals surface area contributed by atoms with E-state index < -0.39 is 162 Å². The summed E-state index contributed by atoms with van der Waals surface area (Å²) < 4.78 is 0. The topological polar surface area (TPSA) is 319 Å². The molecule has 4 rings (SSSR count). The van der Waals surface area contributed by atoms with Crippen molar-refractivity contribution in [3.63, 3.8) is 0 Å². The van der Waals surface area contributed by atoms with Crippen LogP contribution in [0.2, 0.25) is 0 Å². The lowest BCUT2D eigenvalue weighted by Crippen LogP contribution is -2.62. The molecule has 0 bridgehead atoms. The maximum atomic E-state index is 15.5. The van der Waals surface area contributed by atoms with Gasteiger partial charge in [0.25, 0.3) is 0 Å². The van der Waals surface area contributed by atoms with Crippen molar-refractivity contribution < 1.29 is 67.7 Å². The average Bonchev–Trinajstić information content (AvgIpc) is 0.820. The monoisotopic (exact) mass is 1400 g/mol. The summed E-state index contributed by atoms with van der Waals surface area (Å²) in [4.78, 5) is 190. The fourth-order valence-electron chi connectivity index (χ4n) is 14.6. The van der Waals surface area contributed by atoms with Gasteiger partial charge in [-0.3, -0.25) is 57.5 Å². The van der Waals surface area contributed by atoms with Crippen molar-refractivity contribution in [2.45, 2.75) is 284 Å². The van der Waals surface area contributed by atoms with E-state index in [2.05, 4.69) is 21.3 Å². The third-order valence-corrected chi connectivity index (χ3v) is 20.9. The molecule has 26 heteroatoms. The first kappa shape index (κ1) is 85.0. The molecule has 0 aromatic carbocycles. The number of rotatable bonds is 16. The Kier molecular flexibility index (Phi) is 34.1. The van der Waals surface area contributed by atoms with E-state index in [-0.39, 0.29) is 80.5 Å². The minimum atomic E-state index is -1.64. The van der Waals surface area contributed by atoms with Crippen molar-refractivity contribution in [2.24, 2.45) is 41.4 Å². The summed E-state index contributed by atoms with van der Waals surface area (Å²) in [6.45, 7) is 21.6. The van der Waals surface area contributed by atoms with Gasteiger partial charge < -0.3 is 70.7 Å². The van der Waals surface area contributed by atoms with Crippen LogP contribution in [-0.2, 0) is 57.5 Å². The molecule has 99 heavy (non-hydrogen) atoms. The number of aliphatic hydroxyl groups is 2. The van der Waals surface area contributed by atoms with E-state index in [9.17, 15) is 43.8 Å². The normalized spacial score (nSPS) is 28.9. The summed E-state index contributed by atoms with van der Waals surface area (Å²) in [6, 6.07) is -12.8. The molecule has 0 unspecified atom stereocenters. The molecule has 2 heterocycles. The molecule has 0 spiro atoms. The number of piperidine rings is 1. The molecule has 6 N–H and O–H groups in total. The Morgan fingerprint density at radius 2 is 0.848 bits per heavy atom. The lowest BCUT2D eigenvalue weighted by atomic mass is 9.83. The van der Waals surface area contributed by atoms with Crippen LogP contribution in [0.3, 0.4) is 0 Å². The summed E-state index contributed by atoms with van der Waals surface area (Å²) in [5.74, 6) is -9.44. The predicted molar refractivity (Wildman–Crippen MR) is 378 cm³/mol. The first-order chi connectivity index (χ1) is 46.3. The third kappa shape index (κ3) is 24.4. The fourth-order valence-corrected chi connectivity index (χ4v) is 14.6. The summed E-state index contributed by atoms with van der Waals surface area (Å²) in [5, 5.41) is 33.3. The molecule has 0 aromatic rings. The molecule has 0 aromatic heterocycles. The summed E-state index contributed by atoms with van der Waals surface area (Å²) >= 11 is 0. The Labute approximate surface area is 591 Å². The van der Waals surface area contributed by atoms with Crippen molar-refractivity contribution in [1.82, 2.24) is 60.5 Å². The van der Waals surface area contributed by atoms with Crippen molar-refractivity contribution in [3.05, 3.63) is 0 Å². The van der Waals surface area contributed by atoms with Gasteiger partial charge in [0.05, 0.1) is 25.2 Å². The van der Waals surface area contributed by atoms with Crippen LogP contribution in [-0.4, -0.2) is 262 Å². The number of likely N-dealkylation sites (N-methyl/N-ethyl adjacent to an activating group) is 7. The molecule has 4 fully saturated rings. The van der Waals surface area contributed by atoms with Crippen LogP contribution in [0.1, 0.15) is 212 Å². The first-order valence-corrected chi connectivity index (χ1v) is 37.0. The molecule has 26 nitrogen and oxygen atoms in total. The number of hydrogen-bond acceptors (Lipinski definition) is 14. The maximum absolute atomic E-state index is 15.5. The second kappa shape index (κ2) is 39.7. The number of amides is 12. The van der Waals surface area contributed by atoms with Crippen molar-refractivity contribution in [3.8, 4) is 0 Å². The van der Waals surface area contributed by atoms with Crippen LogP contribution >= 0.6 is 0 Å². The van der Waals surface area contributed by atoms with Gasteiger partial charge in [0.1, 0.15) is 60.4 Å². The molecule has 11 atom stereocenters. The van der Waals surface area contributed by atoms with Gasteiger partial charge in [-0.15, -0.1) is 0 Å². The Hall–Kier alpha value is -6.44. The number of nitrogens with zero attached hydrogens (tertiary/aromatic N) is 8. The second-order valence-corrected chi connectivity index (χ2v) is 31.3. The molecular weight excluding hydrogens is 1270 g/mol. The molecule has 2 aliphatic carbocycles. The number of likely N-dealkylation sites (tertiary alicyclic amines) is 1. The Morgan fingerprint density at radius 3 is 1.33 bits per heavy atom. The van der Waals surface area contributed by atoms with Gasteiger partial charge in [0.2, 0.25) is 70.9 Å². The van der Waals surface area contributed by atoms with E-state index >= 15 is 24.0 Å². The lowest BCUT2D eigenvalue weighted by molar-refractivity contribution is -0.152. The number of carbonyl (C=O) groups is 12. The summed E-state index contributed by atoms with van der Waals surface area (Å²) in [6.07, 6.45) is 6.92. The maximum Gasteiger partial charge on any atom is 0.248 e. The van der Waals surface area contributed by atoms with Crippen LogP contribution in [0.15, 0.2) is 0 Å². The Balaban J connectivity index is 1.96. The van der Waals surface area contributed by atoms with Crippen LogP contribution in [0, 0.1) is 41.4 Å². The number of aliphatic hydroxyl groups excluding tert-OH is 2. The zero-order chi connectivity index (χ0) is 74.6. The van der Waals surface area contributed by atoms with Crippen LogP contribution in [0.5, 0.6) is 0 Å². The predicted octanol–water partition coefficient (Wildman–Crippen LogP) is 4.30. The highest BCUT2D eigenvalue weighted by Crippen LogP contribution is 2.32. The molecule has 4 aliphatic rings. The van der Waals surface area contributed by atoms with E-state index in [0.29, 0.717) is 51.6 Å². The molecule has 0 radical (unpaired) electrons. The highest BCUT2D eigenvalue weighted by molar-refractivity contribution is 6.00. The molecule has 2 aliphatic heterocycles. The van der Waals surface area contributed by atoms with Gasteiger partial charge in [-0.2, -0.15) is 0 Å². The SMILES string of the molecule is CC[C@H]1C(=O)N[C@@H](CC2CCC(O)CC2)C(=O)N(C)[C@@H](CC(C)C)C(=O)N(C)[C@@H](CC(C)C)C(=O)N[C@@H](C(C)C)C(=O)N(C)[C@@H](CC2CCCCC2)C(=O)N(C)[C@@H](CC(C)C)C(=O)N[C@@H]([C@@H](C)O)C(=O)N(C)CC(=O)N(C)[C@@H](CC(C)C)C(=O)N[C@H](C(=O)N2CCCCC2)CC(=O)N1C. The van der Waals surface area contributed by atoms with E-state index in [4.69, 9.17) is 0 Å². The lowest BCUT2D eigenvalue weighted by Gasteiger charge is -2.40. The minimum Gasteiger partial charge on any atom is -0.393 e. The quantitative estimate of drug-likeness (QED) is 0.126. The Morgan fingerprint density at radius 1 is 0.434 bits per heavy atom. The molecular formula is C73H128N12O14. The zero-order valence-electron chi connectivity index (χ0n) is 63.6. The standard InChI is InChI=1S/C73H128N12O14/c1-20-54-64(90)74-52(39-50-29-31-51(87)32-30-50)68(94)83(18)58(38-46(8)9)70(96)81(16)56(36-44(4)5)66(92)76-62(47(10)11)73(99)84(19)59(40-49-27-23-21-24-28-49)71(97)82(17)57(37-45(6)7)67(93)77-63(48(12)86)72(98)78(13)42-61(89)80(15)55(35-43(2)3)65(91)75-53(41-60(88)79(54)14)69(95)85-33-25-22-26-34-85/h43-59,62-63,86-87H,20-42H2,1-19H3,(H,74,90)(H,75,91)(H,76,92)(H,77,93)/t48-,50?,51?,52+,53+,54+,55+,56+,57+,58+,59+,62+,63+/m1/s1. The van der Waals surface area contributed by atoms with Gasteiger partial charge in [0.15, 0.2) is 0 Å². The van der Waals surface area contributed by atoms with E-state index in [1.165, 1.54) is 80.8 Å². The van der Waals surface area contributed by atoms with Crippen LogP contribution in [0.4, 0.5) is 0 Å². The number of carbonyl (C=O) groups excluding carboxylic acids is 12. The van der Waals surface area contributed by atoms with Gasteiger partial charge in [-0.1, -0.05) is 108 Å². The molecule has 2 saturated heterocycles. The van der Waals surface area contributed by atoms with Crippen molar-refractivity contribution >= 4 is 70.9 Å². The largest absolute Gasteiger partial charge is 0.393 e. The van der Waals surface area contributed by atoms with Gasteiger partial charge in [-0.25, -0.2) is 0 Å². The highest BCUT2D eigenvalue weighted by Gasteiger charge is 2.45. The summed E-state index contributed by atoms with van der Waals surface area (Å²) in [5.41, 5.74) is 0. The van der Waals surface area contributed by atoms with Crippen LogP contribution in [0.25, 0.3) is 0 Å². The van der Waals surface area contributed by atoms with Gasteiger partial charge >= 0.3 is 0 Å². The van der Waals surface area contributed by atoms with Crippen molar-refractivity contribution in [2.75, 3.05) is 69.0 Å². The van der Waals surface area contributed by atoms with E-state index in [1.807, 2.05) is 55.4 Å². The van der Waals surface area contributed by atoms with Gasteiger partial charge in [-0.05, 0) is 138 Å². The van der Waals surface area contributed by atoms with Crippen molar-refractivity contribution in [1.29, 1.82) is 0 Å². The number of nitrogens with one attached hydrogen (secondary N) is 4. The van der Waals surface area contributed by atoms with E-state index in [1.54, 1.807) is 25.7 Å². The molecule has 12 amide bonds. The molecule has 2 saturated carbocycles. The first-order valence-electron chi connectivity index (χ1n) is 37.0. The fraction of sp³-hybridized carbons (Fsp3) is 0.836. The summed E-state index contributed by atoms with van der Waals surface area (Å²) in [7, 11) is 10.1. The molecule has 564 valence electrons. The smallest absolute Gasteiger partial charge is 0.248 e. The number of hydrogen-bond donors (Lipinski definition) is 6.